The topological polar surface area (TPSA) is 61.9 Å². The molecule has 0 aliphatic carbocycles. The summed E-state index contributed by atoms with van der Waals surface area (Å²) in [7, 11) is 0. The molecule has 1 saturated heterocycles. The fourth-order valence-electron chi connectivity index (χ4n) is 2.21. The quantitative estimate of drug-likeness (QED) is 0.735. The Hall–Kier alpha value is -1.36. The van der Waals surface area contributed by atoms with Crippen molar-refractivity contribution in [3.8, 4) is 0 Å². The summed E-state index contributed by atoms with van der Waals surface area (Å²) in [5.74, 6) is 1.79. The van der Waals surface area contributed by atoms with Gasteiger partial charge in [0, 0.05) is 24.7 Å². The number of hydrogen-bond donors (Lipinski definition) is 3. The summed E-state index contributed by atoms with van der Waals surface area (Å²) in [6.07, 6.45) is 6.56. The summed E-state index contributed by atoms with van der Waals surface area (Å²) in [6.45, 7) is 6.38. The van der Waals surface area contributed by atoms with Gasteiger partial charge in [0.2, 0.25) is 0 Å². The van der Waals surface area contributed by atoms with Gasteiger partial charge in [-0.05, 0) is 32.7 Å². The molecule has 1 aromatic heterocycles. The SMILES string of the molecule is CCC(C)Nc1cc(NCC2CCCCN2)ncn1. The highest BCUT2D eigenvalue weighted by molar-refractivity contribution is 5.46. The summed E-state index contributed by atoms with van der Waals surface area (Å²) >= 11 is 0. The van der Waals surface area contributed by atoms with Crippen LogP contribution in [0.4, 0.5) is 11.6 Å². The minimum absolute atomic E-state index is 0.433. The van der Waals surface area contributed by atoms with Gasteiger partial charge in [0.15, 0.2) is 0 Å². The lowest BCUT2D eigenvalue weighted by atomic mass is 10.1. The molecular weight excluding hydrogens is 238 g/mol. The summed E-state index contributed by atoms with van der Waals surface area (Å²) in [4.78, 5) is 8.51. The third-order valence-electron chi connectivity index (χ3n) is 3.62. The van der Waals surface area contributed by atoms with E-state index in [1.54, 1.807) is 6.33 Å². The second-order valence-corrected chi connectivity index (χ2v) is 5.27. The van der Waals surface area contributed by atoms with Gasteiger partial charge >= 0.3 is 0 Å². The molecule has 2 unspecified atom stereocenters. The van der Waals surface area contributed by atoms with Gasteiger partial charge in [0.05, 0.1) is 0 Å². The zero-order valence-corrected chi connectivity index (χ0v) is 11.9. The lowest BCUT2D eigenvalue weighted by molar-refractivity contribution is 0.414. The maximum Gasteiger partial charge on any atom is 0.131 e. The van der Waals surface area contributed by atoms with Crippen LogP contribution in [0.1, 0.15) is 39.5 Å². The van der Waals surface area contributed by atoms with Crippen LogP contribution < -0.4 is 16.0 Å². The molecule has 5 heteroatoms. The van der Waals surface area contributed by atoms with E-state index < -0.39 is 0 Å². The van der Waals surface area contributed by atoms with Crippen molar-refractivity contribution in [3.05, 3.63) is 12.4 Å². The fraction of sp³-hybridized carbons (Fsp3) is 0.714. The van der Waals surface area contributed by atoms with Gasteiger partial charge in [-0.3, -0.25) is 0 Å². The molecule has 2 heterocycles. The Bertz CT molecular complexity index is 376. The first-order valence-electron chi connectivity index (χ1n) is 7.33. The molecule has 5 nitrogen and oxygen atoms in total. The Morgan fingerprint density at radius 2 is 2.21 bits per heavy atom. The van der Waals surface area contributed by atoms with Crippen LogP contribution in [0.25, 0.3) is 0 Å². The normalized spacial score (nSPS) is 20.8. The second-order valence-electron chi connectivity index (χ2n) is 5.27. The molecule has 0 saturated carbocycles. The first kappa shape index (κ1) is 14.1. The maximum atomic E-state index is 4.27. The average Bonchev–Trinajstić information content (AvgIpc) is 2.46. The number of aromatic nitrogens is 2. The highest BCUT2D eigenvalue weighted by Gasteiger charge is 2.12. The third kappa shape index (κ3) is 4.67. The van der Waals surface area contributed by atoms with Crippen molar-refractivity contribution < 1.29 is 0 Å². The van der Waals surface area contributed by atoms with E-state index in [4.69, 9.17) is 0 Å². The molecule has 1 aliphatic heterocycles. The van der Waals surface area contributed by atoms with Crippen molar-refractivity contribution in [3.63, 3.8) is 0 Å². The van der Waals surface area contributed by atoms with Crippen molar-refractivity contribution in [1.29, 1.82) is 0 Å². The van der Waals surface area contributed by atoms with Gasteiger partial charge in [-0.15, -0.1) is 0 Å². The van der Waals surface area contributed by atoms with Crippen molar-refractivity contribution in [2.24, 2.45) is 0 Å². The number of nitrogens with one attached hydrogen (secondary N) is 3. The molecule has 19 heavy (non-hydrogen) atoms. The summed E-state index contributed by atoms with van der Waals surface area (Å²) in [5.41, 5.74) is 0. The van der Waals surface area contributed by atoms with Gasteiger partial charge in [-0.2, -0.15) is 0 Å². The van der Waals surface area contributed by atoms with Crippen molar-refractivity contribution >= 4 is 11.6 Å². The summed E-state index contributed by atoms with van der Waals surface area (Å²) in [6, 6.07) is 2.98. The smallest absolute Gasteiger partial charge is 0.131 e. The molecule has 2 rings (SSSR count). The molecule has 0 bridgehead atoms. The van der Waals surface area contributed by atoms with Gasteiger partial charge in [0.25, 0.3) is 0 Å². The zero-order chi connectivity index (χ0) is 13.5. The Labute approximate surface area is 115 Å². The predicted octanol–water partition coefficient (Wildman–Crippen LogP) is 2.24. The Morgan fingerprint density at radius 3 is 2.95 bits per heavy atom. The van der Waals surface area contributed by atoms with Crippen LogP contribution in [0.2, 0.25) is 0 Å². The van der Waals surface area contributed by atoms with Crippen LogP contribution in [-0.2, 0) is 0 Å². The minimum Gasteiger partial charge on any atom is -0.368 e. The standard InChI is InChI=1S/C14H25N5/c1-3-11(2)19-14-8-13(17-10-18-14)16-9-12-6-4-5-7-15-12/h8,10-12,15H,3-7,9H2,1-2H3,(H2,16,17,18,19). The molecule has 1 aliphatic rings. The zero-order valence-electron chi connectivity index (χ0n) is 11.9. The molecule has 0 amide bonds. The van der Waals surface area contributed by atoms with E-state index in [1.807, 2.05) is 6.07 Å². The number of nitrogens with zero attached hydrogens (tertiary/aromatic N) is 2. The Kier molecular flexibility index (Phi) is 5.39. The van der Waals surface area contributed by atoms with Crippen molar-refractivity contribution in [1.82, 2.24) is 15.3 Å². The maximum absolute atomic E-state index is 4.27. The molecule has 1 aromatic rings. The molecule has 1 fully saturated rings. The van der Waals surface area contributed by atoms with Crippen LogP contribution in [-0.4, -0.2) is 35.1 Å². The molecule has 0 aromatic carbocycles. The second kappa shape index (κ2) is 7.28. The molecule has 0 spiro atoms. The van der Waals surface area contributed by atoms with E-state index in [1.165, 1.54) is 19.3 Å². The first-order valence-corrected chi connectivity index (χ1v) is 7.33. The van der Waals surface area contributed by atoms with E-state index in [0.29, 0.717) is 12.1 Å². The average molecular weight is 263 g/mol. The van der Waals surface area contributed by atoms with Crippen LogP contribution in [0.3, 0.4) is 0 Å². The molecule has 3 N–H and O–H groups in total. The number of anilines is 2. The fourth-order valence-corrected chi connectivity index (χ4v) is 2.21. The number of rotatable bonds is 6. The monoisotopic (exact) mass is 263 g/mol. The van der Waals surface area contributed by atoms with E-state index >= 15 is 0 Å². The molecular formula is C14H25N5. The van der Waals surface area contributed by atoms with E-state index in [2.05, 4.69) is 39.8 Å². The predicted molar refractivity (Wildman–Crippen MR) is 79.5 cm³/mol. The van der Waals surface area contributed by atoms with E-state index in [0.717, 1.165) is 31.1 Å². The lowest BCUT2D eigenvalue weighted by Crippen LogP contribution is -2.39. The Balaban J connectivity index is 1.84. The highest BCUT2D eigenvalue weighted by Crippen LogP contribution is 2.12. The van der Waals surface area contributed by atoms with Gasteiger partial charge in [-0.25, -0.2) is 9.97 Å². The Morgan fingerprint density at radius 1 is 1.37 bits per heavy atom. The van der Waals surface area contributed by atoms with Gasteiger partial charge < -0.3 is 16.0 Å². The van der Waals surface area contributed by atoms with Gasteiger partial charge in [-0.1, -0.05) is 13.3 Å². The van der Waals surface area contributed by atoms with Crippen LogP contribution in [0.15, 0.2) is 12.4 Å². The van der Waals surface area contributed by atoms with E-state index in [-0.39, 0.29) is 0 Å². The van der Waals surface area contributed by atoms with Crippen molar-refractivity contribution in [2.75, 3.05) is 23.7 Å². The number of hydrogen-bond acceptors (Lipinski definition) is 5. The van der Waals surface area contributed by atoms with Crippen LogP contribution in [0, 0.1) is 0 Å². The minimum atomic E-state index is 0.433. The van der Waals surface area contributed by atoms with Gasteiger partial charge in [0.1, 0.15) is 18.0 Å². The van der Waals surface area contributed by atoms with Crippen LogP contribution >= 0.6 is 0 Å². The summed E-state index contributed by atoms with van der Waals surface area (Å²) in [5, 5.41) is 10.3. The first-order chi connectivity index (χ1) is 9.28. The lowest BCUT2D eigenvalue weighted by Gasteiger charge is -2.23. The van der Waals surface area contributed by atoms with Crippen LogP contribution in [0.5, 0.6) is 0 Å². The largest absolute Gasteiger partial charge is 0.368 e. The molecule has 2 atom stereocenters. The van der Waals surface area contributed by atoms with E-state index in [9.17, 15) is 0 Å². The summed E-state index contributed by atoms with van der Waals surface area (Å²) < 4.78 is 0. The molecule has 0 radical (unpaired) electrons. The molecule has 106 valence electrons. The number of piperidine rings is 1. The van der Waals surface area contributed by atoms with Crippen molar-refractivity contribution in [2.45, 2.75) is 51.6 Å². The third-order valence-corrected chi connectivity index (χ3v) is 3.62. The highest BCUT2D eigenvalue weighted by atomic mass is 15.1.